The van der Waals surface area contributed by atoms with Crippen molar-refractivity contribution in [1.82, 2.24) is 19.7 Å². The number of hydrogen-bond donors (Lipinski definition) is 1. The van der Waals surface area contributed by atoms with E-state index < -0.39 is 5.91 Å². The van der Waals surface area contributed by atoms with Crippen LogP contribution in [-0.4, -0.2) is 32.8 Å². The Kier molecular flexibility index (Phi) is 5.04. The third kappa shape index (κ3) is 3.66. The van der Waals surface area contributed by atoms with Crippen molar-refractivity contribution in [1.29, 1.82) is 5.26 Å². The lowest BCUT2D eigenvalue weighted by molar-refractivity contribution is 0.100. The molecule has 30 heavy (non-hydrogen) atoms. The number of aromatic nitrogens is 4. The van der Waals surface area contributed by atoms with Crippen LogP contribution in [0.25, 0.3) is 22.3 Å². The second-order valence-corrected chi connectivity index (χ2v) is 6.97. The van der Waals surface area contributed by atoms with E-state index in [4.69, 9.17) is 22.1 Å². The van der Waals surface area contributed by atoms with Crippen molar-refractivity contribution < 1.29 is 9.53 Å². The Labute approximate surface area is 176 Å². The summed E-state index contributed by atoms with van der Waals surface area (Å²) >= 11 is 6.06. The summed E-state index contributed by atoms with van der Waals surface area (Å²) in [5, 5.41) is 14.7. The van der Waals surface area contributed by atoms with Crippen molar-refractivity contribution in [3.63, 3.8) is 0 Å². The van der Waals surface area contributed by atoms with Crippen LogP contribution >= 0.6 is 11.6 Å². The largest absolute Gasteiger partial charge is 0.497 e. The van der Waals surface area contributed by atoms with Crippen LogP contribution < -0.4 is 10.5 Å². The number of rotatable bonds is 5. The van der Waals surface area contributed by atoms with Gasteiger partial charge in [0.1, 0.15) is 5.75 Å². The first-order valence-corrected chi connectivity index (χ1v) is 9.21. The van der Waals surface area contributed by atoms with Gasteiger partial charge < -0.3 is 10.5 Å². The number of nitrogens with zero attached hydrogens (tertiary/aromatic N) is 5. The first-order chi connectivity index (χ1) is 14.5. The first kappa shape index (κ1) is 19.4. The van der Waals surface area contributed by atoms with E-state index in [9.17, 15) is 10.1 Å². The molecule has 0 radical (unpaired) electrons. The molecule has 0 atom stereocenters. The van der Waals surface area contributed by atoms with Crippen molar-refractivity contribution in [3.8, 4) is 23.2 Å². The van der Waals surface area contributed by atoms with Gasteiger partial charge in [-0.25, -0.2) is 9.97 Å². The zero-order valence-electron chi connectivity index (χ0n) is 15.8. The molecule has 0 fully saturated rings. The van der Waals surface area contributed by atoms with Crippen LogP contribution in [0.3, 0.4) is 0 Å². The predicted octanol–water partition coefficient (Wildman–Crippen LogP) is 3.17. The standard InChI is InChI=1S/C21H15ClN6O2/c1-30-17-3-12(7-23)2-14(5-17)21-25-8-13(9-26-21)11-28-19-15(10-27-28)4-16(22)6-18(19)20(24)29/h2-6,8-10H,11H2,1H3,(H2,24,29). The number of nitrogens with two attached hydrogens (primary N) is 1. The number of amides is 1. The van der Waals surface area contributed by atoms with Gasteiger partial charge in [-0.15, -0.1) is 0 Å². The molecular formula is C21H15ClN6O2. The Morgan fingerprint density at radius 2 is 1.97 bits per heavy atom. The molecule has 0 saturated carbocycles. The average molecular weight is 419 g/mol. The smallest absolute Gasteiger partial charge is 0.250 e. The number of primary amides is 1. The van der Waals surface area contributed by atoms with Crippen molar-refractivity contribution in [3.05, 3.63) is 70.6 Å². The van der Waals surface area contributed by atoms with Gasteiger partial charge in [-0.1, -0.05) is 11.6 Å². The number of ether oxygens (including phenoxy) is 1. The molecule has 0 saturated heterocycles. The topological polar surface area (TPSA) is 120 Å². The van der Waals surface area contributed by atoms with Gasteiger partial charge in [-0.05, 0) is 30.3 Å². The lowest BCUT2D eigenvalue weighted by atomic mass is 10.1. The average Bonchev–Trinajstić information content (AvgIpc) is 3.15. The molecule has 4 aromatic rings. The lowest BCUT2D eigenvalue weighted by Gasteiger charge is -2.08. The molecule has 2 heterocycles. The highest BCUT2D eigenvalue weighted by Crippen LogP contribution is 2.25. The van der Waals surface area contributed by atoms with Gasteiger partial charge >= 0.3 is 0 Å². The van der Waals surface area contributed by atoms with Crippen LogP contribution in [-0.2, 0) is 6.54 Å². The van der Waals surface area contributed by atoms with Gasteiger partial charge in [-0.3, -0.25) is 9.48 Å². The molecule has 148 valence electrons. The zero-order valence-corrected chi connectivity index (χ0v) is 16.6. The molecule has 0 unspecified atom stereocenters. The van der Waals surface area contributed by atoms with E-state index in [1.54, 1.807) is 47.5 Å². The summed E-state index contributed by atoms with van der Waals surface area (Å²) in [6, 6.07) is 10.4. The Morgan fingerprint density at radius 3 is 2.63 bits per heavy atom. The van der Waals surface area contributed by atoms with E-state index in [1.165, 1.54) is 13.2 Å². The van der Waals surface area contributed by atoms with E-state index in [1.807, 2.05) is 0 Å². The maximum absolute atomic E-state index is 11.8. The molecule has 8 nitrogen and oxygen atoms in total. The number of halogens is 1. The van der Waals surface area contributed by atoms with E-state index >= 15 is 0 Å². The Bertz CT molecular complexity index is 1310. The maximum atomic E-state index is 11.8. The zero-order chi connectivity index (χ0) is 21.3. The summed E-state index contributed by atoms with van der Waals surface area (Å²) < 4.78 is 6.88. The van der Waals surface area contributed by atoms with E-state index in [-0.39, 0.29) is 0 Å². The molecular weight excluding hydrogens is 404 g/mol. The monoisotopic (exact) mass is 418 g/mol. The number of hydrogen-bond acceptors (Lipinski definition) is 6. The van der Waals surface area contributed by atoms with Crippen LogP contribution in [0.1, 0.15) is 21.5 Å². The summed E-state index contributed by atoms with van der Waals surface area (Å²) in [5.74, 6) is 0.434. The van der Waals surface area contributed by atoms with Crippen LogP contribution in [0, 0.1) is 11.3 Å². The predicted molar refractivity (Wildman–Crippen MR) is 111 cm³/mol. The molecule has 0 aliphatic heterocycles. The normalized spacial score (nSPS) is 10.7. The van der Waals surface area contributed by atoms with Crippen molar-refractivity contribution >= 4 is 28.4 Å². The molecule has 0 spiro atoms. The number of carbonyl (C=O) groups is 1. The van der Waals surface area contributed by atoms with Gasteiger partial charge in [0.2, 0.25) is 0 Å². The Morgan fingerprint density at radius 1 is 1.20 bits per heavy atom. The van der Waals surface area contributed by atoms with Crippen molar-refractivity contribution in [2.24, 2.45) is 5.73 Å². The molecule has 0 bridgehead atoms. The van der Waals surface area contributed by atoms with Gasteiger partial charge in [0.05, 0.1) is 42.6 Å². The number of methoxy groups -OCH3 is 1. The minimum absolute atomic E-state index is 0.299. The number of fused-ring (bicyclic) bond motifs is 1. The third-order valence-corrected chi connectivity index (χ3v) is 4.75. The van der Waals surface area contributed by atoms with Crippen LogP contribution in [0.15, 0.2) is 48.9 Å². The summed E-state index contributed by atoms with van der Waals surface area (Å²) in [5.41, 5.74) is 8.31. The summed E-state index contributed by atoms with van der Waals surface area (Å²) in [7, 11) is 1.53. The number of nitriles is 1. The third-order valence-electron chi connectivity index (χ3n) is 4.53. The first-order valence-electron chi connectivity index (χ1n) is 8.84. The van der Waals surface area contributed by atoms with Crippen molar-refractivity contribution in [2.45, 2.75) is 6.54 Å². The molecule has 0 aliphatic rings. The highest BCUT2D eigenvalue weighted by atomic mass is 35.5. The van der Waals surface area contributed by atoms with Gasteiger partial charge in [-0.2, -0.15) is 10.4 Å². The van der Waals surface area contributed by atoms with Crippen LogP contribution in [0.2, 0.25) is 5.02 Å². The van der Waals surface area contributed by atoms with E-state index in [2.05, 4.69) is 21.1 Å². The molecule has 9 heteroatoms. The fourth-order valence-electron chi connectivity index (χ4n) is 3.17. The maximum Gasteiger partial charge on any atom is 0.250 e. The van der Waals surface area contributed by atoms with Crippen LogP contribution in [0.5, 0.6) is 5.75 Å². The summed E-state index contributed by atoms with van der Waals surface area (Å²) in [6.45, 7) is 0.341. The molecule has 4 rings (SSSR count). The highest BCUT2D eigenvalue weighted by Gasteiger charge is 2.15. The Balaban J connectivity index is 1.67. The number of carbonyl (C=O) groups excluding carboxylic acids is 1. The van der Waals surface area contributed by atoms with Gasteiger partial charge in [0.25, 0.3) is 5.91 Å². The second-order valence-electron chi connectivity index (χ2n) is 6.53. The minimum atomic E-state index is -0.581. The molecule has 1 amide bonds. The minimum Gasteiger partial charge on any atom is -0.497 e. The SMILES string of the molecule is COc1cc(C#N)cc(-c2ncc(Cn3ncc4cc(Cl)cc(C(N)=O)c43)cn2)c1. The fraction of sp³-hybridized carbons (Fsp3) is 0.0952. The summed E-state index contributed by atoms with van der Waals surface area (Å²) in [6.07, 6.45) is 4.96. The summed E-state index contributed by atoms with van der Waals surface area (Å²) in [4.78, 5) is 20.6. The number of benzene rings is 2. The molecule has 0 aliphatic carbocycles. The van der Waals surface area contributed by atoms with E-state index in [0.717, 1.165) is 5.56 Å². The Hall–Kier alpha value is -3.96. The highest BCUT2D eigenvalue weighted by molar-refractivity contribution is 6.32. The lowest BCUT2D eigenvalue weighted by Crippen LogP contribution is -2.14. The molecule has 2 N–H and O–H groups in total. The van der Waals surface area contributed by atoms with Crippen LogP contribution in [0.4, 0.5) is 0 Å². The van der Waals surface area contributed by atoms with E-state index in [0.29, 0.717) is 50.7 Å². The molecule has 2 aromatic heterocycles. The van der Waals surface area contributed by atoms with Crippen molar-refractivity contribution in [2.75, 3.05) is 7.11 Å². The van der Waals surface area contributed by atoms with Gasteiger partial charge in [0.15, 0.2) is 5.82 Å². The van der Waals surface area contributed by atoms with Gasteiger partial charge in [0, 0.05) is 33.9 Å². The quantitative estimate of drug-likeness (QED) is 0.531. The fourth-order valence-corrected chi connectivity index (χ4v) is 3.40. The second kappa shape index (κ2) is 7.81. The molecule has 2 aromatic carbocycles.